The van der Waals surface area contributed by atoms with E-state index in [0.29, 0.717) is 19.4 Å². The highest BCUT2D eigenvalue weighted by Crippen LogP contribution is 2.31. The summed E-state index contributed by atoms with van der Waals surface area (Å²) in [6, 6.07) is 8.95. The Kier molecular flexibility index (Phi) is 16.2. The fourth-order valence-electron chi connectivity index (χ4n) is 6.24. The smallest absolute Gasteiger partial charge is 0.244 e. The Balaban J connectivity index is 1.65. The van der Waals surface area contributed by atoms with E-state index in [9.17, 15) is 38.4 Å². The van der Waals surface area contributed by atoms with Gasteiger partial charge >= 0.3 is 0 Å². The average molecular weight is 820 g/mol. The van der Waals surface area contributed by atoms with E-state index in [0.717, 1.165) is 21.4 Å². The summed E-state index contributed by atoms with van der Waals surface area (Å²) in [6.07, 6.45) is 3.43. The Hall–Kier alpha value is -5.91. The summed E-state index contributed by atoms with van der Waals surface area (Å²) in [5.74, 6) is -5.21. The molecule has 0 saturated carbocycles. The normalized spacial score (nSPS) is 24.0. The maximum Gasteiger partial charge on any atom is 0.244 e. The van der Waals surface area contributed by atoms with Crippen LogP contribution in [0.5, 0.6) is 0 Å². The van der Waals surface area contributed by atoms with Gasteiger partial charge in [-0.15, -0.1) is 11.8 Å². The molecular formula is C40H53N9O8S. The van der Waals surface area contributed by atoms with Crippen LogP contribution in [-0.4, -0.2) is 99.9 Å². The Morgan fingerprint density at radius 1 is 0.759 bits per heavy atom. The molecule has 0 fully saturated rings. The number of aryl methyl sites for hydroxylation is 1. The molecule has 0 spiro atoms. The van der Waals surface area contributed by atoms with Gasteiger partial charge in [-0.05, 0) is 52.5 Å². The number of primary amides is 1. The Morgan fingerprint density at radius 3 is 1.86 bits per heavy atom. The summed E-state index contributed by atoms with van der Waals surface area (Å²) in [4.78, 5) is 104. The van der Waals surface area contributed by atoms with Crippen molar-refractivity contribution in [3.63, 3.8) is 0 Å². The number of hydrogen-bond acceptors (Lipinski definition) is 9. The van der Waals surface area contributed by atoms with E-state index < -0.39 is 89.6 Å². The van der Waals surface area contributed by atoms with Crippen molar-refractivity contribution < 1.29 is 38.4 Å². The van der Waals surface area contributed by atoms with Crippen molar-refractivity contribution in [2.45, 2.75) is 114 Å². The van der Waals surface area contributed by atoms with Crippen LogP contribution in [0.2, 0.25) is 0 Å². The van der Waals surface area contributed by atoms with Gasteiger partial charge in [-0.1, -0.05) is 54.6 Å². The van der Waals surface area contributed by atoms with Crippen LogP contribution < -0.4 is 43.0 Å². The number of carbonyl (C=O) groups is 8. The van der Waals surface area contributed by atoms with Gasteiger partial charge in [0.15, 0.2) is 0 Å². The third-order valence-corrected chi connectivity index (χ3v) is 10.8. The Bertz CT molecular complexity index is 1990. The molecule has 9 N–H and O–H groups in total. The number of fused-ring (bicyclic) bond motifs is 3. The first-order valence-corrected chi connectivity index (χ1v) is 20.2. The molecule has 0 bridgehead atoms. The molecule has 0 aliphatic carbocycles. The lowest BCUT2D eigenvalue weighted by molar-refractivity contribution is -0.134. The summed E-state index contributed by atoms with van der Waals surface area (Å²) in [5.41, 5.74) is 6.47. The zero-order chi connectivity index (χ0) is 42.5. The van der Waals surface area contributed by atoms with Gasteiger partial charge in [0.2, 0.25) is 47.3 Å². The molecule has 0 saturated heterocycles. The van der Waals surface area contributed by atoms with Crippen LogP contribution in [0.4, 0.5) is 0 Å². The minimum absolute atomic E-state index is 0.0160. The highest BCUT2D eigenvalue weighted by molar-refractivity contribution is 7.99. The Labute approximate surface area is 341 Å². The second kappa shape index (κ2) is 21.0. The van der Waals surface area contributed by atoms with Crippen molar-refractivity contribution in [1.82, 2.24) is 41.8 Å². The molecule has 7 atom stereocenters. The van der Waals surface area contributed by atoms with Crippen molar-refractivity contribution in [3.8, 4) is 0 Å². The molecular weight excluding hydrogens is 767 g/mol. The van der Waals surface area contributed by atoms with E-state index in [1.807, 2.05) is 41.1 Å². The van der Waals surface area contributed by atoms with Gasteiger partial charge in [-0.3, -0.25) is 38.4 Å². The summed E-state index contributed by atoms with van der Waals surface area (Å²) in [7, 11) is 0. The lowest BCUT2D eigenvalue weighted by Gasteiger charge is -2.25. The molecule has 1 aromatic heterocycles. The summed E-state index contributed by atoms with van der Waals surface area (Å²) in [5, 5.41) is 20.8. The number of hydrogen-bond donors (Lipinski definition) is 8. The second-order valence-electron chi connectivity index (χ2n) is 14.4. The van der Waals surface area contributed by atoms with Gasteiger partial charge in [-0.25, -0.2) is 0 Å². The number of benzene rings is 2. The largest absolute Gasteiger partial charge is 0.368 e. The number of amides is 8. The number of aromatic nitrogens is 1. The third kappa shape index (κ3) is 12.8. The van der Waals surface area contributed by atoms with E-state index in [1.54, 1.807) is 24.3 Å². The molecule has 2 aromatic carbocycles. The predicted molar refractivity (Wildman–Crippen MR) is 218 cm³/mol. The highest BCUT2D eigenvalue weighted by Gasteiger charge is 2.31. The minimum atomic E-state index is -1.21. The molecule has 17 nitrogen and oxygen atoms in total. The number of nitrogens with zero attached hydrogens (tertiary/aromatic N) is 1. The maximum atomic E-state index is 14.0. The molecule has 4 rings (SSSR count). The first-order valence-electron chi connectivity index (χ1n) is 19.2. The lowest BCUT2D eigenvalue weighted by atomic mass is 10.1. The van der Waals surface area contributed by atoms with E-state index in [4.69, 9.17) is 5.73 Å². The van der Waals surface area contributed by atoms with E-state index >= 15 is 0 Å². The van der Waals surface area contributed by atoms with Gasteiger partial charge in [0.1, 0.15) is 42.3 Å². The zero-order valence-corrected chi connectivity index (χ0v) is 34.1. The molecule has 3 aromatic rings. The first-order chi connectivity index (χ1) is 27.5. The lowest BCUT2D eigenvalue weighted by Crippen LogP contribution is -2.59. The molecule has 312 valence electrons. The van der Waals surface area contributed by atoms with Gasteiger partial charge < -0.3 is 47.5 Å². The van der Waals surface area contributed by atoms with E-state index in [-0.39, 0.29) is 18.6 Å². The van der Waals surface area contributed by atoms with Gasteiger partial charge in [0.25, 0.3) is 0 Å². The van der Waals surface area contributed by atoms with E-state index in [1.165, 1.54) is 46.4 Å². The van der Waals surface area contributed by atoms with Crippen LogP contribution in [0.15, 0.2) is 65.8 Å². The van der Waals surface area contributed by atoms with Crippen LogP contribution in [0.25, 0.3) is 10.8 Å². The second-order valence-corrected chi connectivity index (χ2v) is 15.4. The quantitative estimate of drug-likeness (QED) is 0.168. The standard InChI is InChI=1S/C40H53N9O8S/c1-22-34(52)42-23(2)35(53)44-25(4)37(55)48-32(39(57)47-31(33(41)51)19-27-13-7-6-8-14-27)21-58-40-29-16-10-9-15-28(29)20-49(40)18-12-11-17-30(46-26(5)50)38(56)45-24(3)36(54)43-22/h6-10,13-16,20,22-25,30-32H,11-12,17-19,21H2,1-5H3,(H2,41,51)(H,42,52)(H,43,54)(H,44,53)(H,45,56)(H,46,50)(H,47,57)(H,48,55)/t22-,23-,24-,25-,30-,31-,32-/m0/s1. The van der Waals surface area contributed by atoms with E-state index in [2.05, 4.69) is 37.2 Å². The van der Waals surface area contributed by atoms with Crippen molar-refractivity contribution in [3.05, 3.63) is 66.4 Å². The van der Waals surface area contributed by atoms with Crippen molar-refractivity contribution in [1.29, 1.82) is 0 Å². The molecule has 58 heavy (non-hydrogen) atoms. The van der Waals surface area contributed by atoms with Crippen molar-refractivity contribution >= 4 is 69.8 Å². The minimum Gasteiger partial charge on any atom is -0.368 e. The third-order valence-electron chi connectivity index (χ3n) is 9.55. The molecule has 0 radical (unpaired) electrons. The molecule has 8 amide bonds. The van der Waals surface area contributed by atoms with Gasteiger partial charge in [-0.2, -0.15) is 0 Å². The summed E-state index contributed by atoms with van der Waals surface area (Å²) >= 11 is 1.31. The maximum absolute atomic E-state index is 14.0. The topological polar surface area (TPSA) is 252 Å². The Morgan fingerprint density at radius 2 is 1.29 bits per heavy atom. The van der Waals surface area contributed by atoms with Gasteiger partial charge in [0.05, 0.1) is 5.03 Å². The van der Waals surface area contributed by atoms with Crippen LogP contribution in [-0.2, 0) is 51.3 Å². The number of nitrogens with two attached hydrogens (primary N) is 1. The number of thioether (sulfide) groups is 1. The molecule has 1 aliphatic heterocycles. The molecule has 2 heterocycles. The molecule has 0 unspecified atom stereocenters. The van der Waals surface area contributed by atoms with Crippen LogP contribution in [0.3, 0.4) is 0 Å². The highest BCUT2D eigenvalue weighted by atomic mass is 32.2. The first kappa shape index (κ1) is 44.8. The molecule has 1 aliphatic rings. The van der Waals surface area contributed by atoms with Crippen LogP contribution >= 0.6 is 11.8 Å². The average Bonchev–Trinajstić information content (AvgIpc) is 3.53. The van der Waals surface area contributed by atoms with Gasteiger partial charge in [0, 0.05) is 42.6 Å². The zero-order valence-electron chi connectivity index (χ0n) is 33.3. The van der Waals surface area contributed by atoms with Crippen LogP contribution in [0, 0.1) is 0 Å². The summed E-state index contributed by atoms with van der Waals surface area (Å²) in [6.45, 7) is 7.45. The van der Waals surface area contributed by atoms with Crippen LogP contribution in [0.1, 0.15) is 59.4 Å². The SMILES string of the molecule is CC(=O)N[C@H]1CCCCn2cc3ccccc3c2SC[C@@H](C(=O)N[C@@H](Cc2ccccc2)C(N)=O)NC(=O)[C@H](C)NC(=O)[C@H](C)NC(=O)[C@H](C)NC(=O)[C@H](C)NC1=O. The fourth-order valence-corrected chi connectivity index (χ4v) is 7.45. The fraction of sp³-hybridized carbons (Fsp3) is 0.450. The number of carbonyl (C=O) groups excluding carboxylic acids is 8. The number of nitrogens with one attached hydrogen (secondary N) is 7. The number of rotatable bonds is 6. The van der Waals surface area contributed by atoms with Crippen molar-refractivity contribution in [2.24, 2.45) is 5.73 Å². The van der Waals surface area contributed by atoms with Crippen molar-refractivity contribution in [2.75, 3.05) is 5.75 Å². The predicted octanol–water partition coefficient (Wildman–Crippen LogP) is 0.138. The monoisotopic (exact) mass is 819 g/mol. The molecule has 18 heteroatoms. The summed E-state index contributed by atoms with van der Waals surface area (Å²) < 4.78 is 2.02.